The Hall–Kier alpha value is -2.70. The third kappa shape index (κ3) is 8.20. The number of nitrogens with one attached hydrogen (secondary N) is 1. The molecule has 0 bridgehead atoms. The molecule has 2 aromatic rings. The van der Waals surface area contributed by atoms with Gasteiger partial charge in [0.2, 0.25) is 5.91 Å². The number of halogens is 2. The van der Waals surface area contributed by atoms with Gasteiger partial charge in [-0.3, -0.25) is 19.6 Å². The van der Waals surface area contributed by atoms with Gasteiger partial charge in [-0.2, -0.15) is 4.98 Å². The van der Waals surface area contributed by atoms with E-state index in [4.69, 9.17) is 23.1 Å². The molecule has 1 aromatic heterocycles. The fourth-order valence-electron chi connectivity index (χ4n) is 5.38. The minimum Gasteiger partial charge on any atom is -0.338 e. The monoisotopic (exact) mass is 608 g/mol. The Morgan fingerprint density at radius 2 is 1.73 bits per heavy atom. The predicted octanol–water partition coefficient (Wildman–Crippen LogP) is 2.81. The van der Waals surface area contributed by atoms with Crippen molar-refractivity contribution >= 4 is 41.8 Å². The van der Waals surface area contributed by atoms with Crippen molar-refractivity contribution in [3.8, 4) is 5.69 Å². The summed E-state index contributed by atoms with van der Waals surface area (Å²) in [5, 5.41) is 3.27. The lowest BCUT2D eigenvalue weighted by Crippen LogP contribution is -2.58. The molecule has 1 aliphatic heterocycles. The lowest BCUT2D eigenvalue weighted by Gasteiger charge is -2.37. The second kappa shape index (κ2) is 14.0. The summed E-state index contributed by atoms with van der Waals surface area (Å²) < 4.78 is 1.39. The lowest BCUT2D eigenvalue weighted by molar-refractivity contribution is -0.137. The summed E-state index contributed by atoms with van der Waals surface area (Å²) in [6.07, 6.45) is 5.85. The number of amides is 3. The molecule has 0 atom stereocenters. The molecule has 5 N–H and O–H groups in total. The van der Waals surface area contributed by atoms with Gasteiger partial charge in [-0.1, -0.05) is 24.6 Å². The molecule has 1 aromatic carbocycles. The van der Waals surface area contributed by atoms with Crippen LogP contribution in [0.4, 0.5) is 10.6 Å². The zero-order chi connectivity index (χ0) is 29.0. The van der Waals surface area contributed by atoms with Gasteiger partial charge in [-0.15, -0.1) is 12.4 Å². The normalized spacial score (nSPS) is 19.6. The van der Waals surface area contributed by atoms with Crippen LogP contribution in [-0.2, 0) is 11.3 Å². The topological polar surface area (TPSA) is 143 Å². The molecule has 0 radical (unpaired) electrons. The van der Waals surface area contributed by atoms with Crippen molar-refractivity contribution in [1.82, 2.24) is 24.3 Å². The van der Waals surface area contributed by atoms with Crippen LogP contribution < -0.4 is 22.5 Å². The number of hydrogen-bond donors (Lipinski definition) is 3. The first-order chi connectivity index (χ1) is 19.0. The molecule has 226 valence electrons. The van der Waals surface area contributed by atoms with Crippen molar-refractivity contribution in [2.75, 3.05) is 38.0 Å². The largest absolute Gasteiger partial charge is 0.354 e. The van der Waals surface area contributed by atoms with Crippen LogP contribution in [0.1, 0.15) is 52.0 Å². The first-order valence-corrected chi connectivity index (χ1v) is 14.4. The van der Waals surface area contributed by atoms with Crippen LogP contribution in [-0.4, -0.2) is 86.5 Å². The molecular weight excluding hydrogens is 567 g/mol. The number of nitrogens with zero attached hydrogens (tertiary/aromatic N) is 5. The second-order valence-electron chi connectivity index (χ2n) is 11.3. The Morgan fingerprint density at radius 3 is 2.29 bits per heavy atom. The average Bonchev–Trinajstić information content (AvgIpc) is 2.92. The fourth-order valence-corrected chi connectivity index (χ4v) is 5.61. The van der Waals surface area contributed by atoms with Crippen molar-refractivity contribution in [1.29, 1.82) is 0 Å². The quantitative estimate of drug-likeness (QED) is 0.438. The van der Waals surface area contributed by atoms with Gasteiger partial charge >= 0.3 is 11.7 Å². The molecule has 11 nitrogen and oxygen atoms in total. The molecule has 3 amide bonds. The van der Waals surface area contributed by atoms with E-state index in [-0.39, 0.29) is 30.2 Å². The summed E-state index contributed by atoms with van der Waals surface area (Å²) in [5.74, 6) is 0.00411. The number of piperazine rings is 1. The molecule has 13 heteroatoms. The first-order valence-electron chi connectivity index (χ1n) is 14.0. The number of rotatable bonds is 7. The van der Waals surface area contributed by atoms with Gasteiger partial charge in [0.25, 0.3) is 0 Å². The van der Waals surface area contributed by atoms with Crippen molar-refractivity contribution in [3.63, 3.8) is 0 Å². The molecule has 41 heavy (non-hydrogen) atoms. The molecule has 2 heterocycles. The third-order valence-corrected chi connectivity index (χ3v) is 8.15. The van der Waals surface area contributed by atoms with E-state index < -0.39 is 11.2 Å². The third-order valence-electron chi connectivity index (χ3n) is 7.80. The molecule has 0 unspecified atom stereocenters. The number of benzene rings is 1. The average molecular weight is 610 g/mol. The van der Waals surface area contributed by atoms with Crippen LogP contribution in [0.25, 0.3) is 5.69 Å². The van der Waals surface area contributed by atoms with Crippen LogP contribution in [0, 0.1) is 0 Å². The van der Waals surface area contributed by atoms with E-state index in [1.54, 1.807) is 42.0 Å². The predicted molar refractivity (Wildman–Crippen MR) is 164 cm³/mol. The smallest absolute Gasteiger partial charge is 0.338 e. The molecule has 4 rings (SSSR count). The van der Waals surface area contributed by atoms with E-state index in [0.717, 1.165) is 44.3 Å². The highest BCUT2D eigenvalue weighted by Crippen LogP contribution is 2.27. The Morgan fingerprint density at radius 1 is 1.10 bits per heavy atom. The number of carbonyl (C=O) groups is 2. The second-order valence-corrected chi connectivity index (χ2v) is 11.7. The summed E-state index contributed by atoms with van der Waals surface area (Å²) in [6, 6.07) is 7.58. The van der Waals surface area contributed by atoms with Crippen molar-refractivity contribution in [2.45, 2.75) is 70.6 Å². The number of hydrogen-bond acceptors (Lipinski definition) is 7. The van der Waals surface area contributed by atoms with Crippen molar-refractivity contribution < 1.29 is 9.59 Å². The standard InChI is InChI=1S/C28H41ClN8O3.ClH/c1-4-34(21-9-6-20(30)7-10-21)18-19-5-8-22(17-23(19)29)37-12-11-24(33-27(37)40)32-26(39)36-15-13-35(14-16-36)25(38)28(2,3)31;/h5,8,11-12,17,20-21H,4,6-7,9-10,13-16,18,30-31H2,1-3H3,(H,32,33,39,40);1H. The Balaban J connectivity index is 0.00000462. The van der Waals surface area contributed by atoms with Crippen LogP contribution in [0.15, 0.2) is 35.3 Å². The molecular formula is C28H42Cl2N8O3. The maximum atomic E-state index is 12.8. The maximum absolute atomic E-state index is 12.8. The number of anilines is 1. The molecule has 1 aliphatic carbocycles. The van der Waals surface area contributed by atoms with Crippen LogP contribution >= 0.6 is 24.0 Å². The number of carbonyl (C=O) groups excluding carboxylic acids is 2. The van der Waals surface area contributed by atoms with E-state index >= 15 is 0 Å². The summed E-state index contributed by atoms with van der Waals surface area (Å²) in [7, 11) is 0. The highest BCUT2D eigenvalue weighted by atomic mass is 35.5. The van der Waals surface area contributed by atoms with Crippen LogP contribution in [0.5, 0.6) is 0 Å². The van der Waals surface area contributed by atoms with E-state index in [9.17, 15) is 14.4 Å². The fraction of sp³-hybridized carbons (Fsp3) is 0.571. The van der Waals surface area contributed by atoms with Gasteiger partial charge < -0.3 is 21.3 Å². The van der Waals surface area contributed by atoms with Crippen molar-refractivity contribution in [2.24, 2.45) is 11.5 Å². The Kier molecular flexibility index (Phi) is 11.2. The summed E-state index contributed by atoms with van der Waals surface area (Å²) in [6.45, 7) is 8.66. The van der Waals surface area contributed by atoms with Gasteiger partial charge in [0, 0.05) is 56.0 Å². The molecule has 1 saturated carbocycles. The highest BCUT2D eigenvalue weighted by Gasteiger charge is 2.31. The van der Waals surface area contributed by atoms with Gasteiger partial charge in [0.15, 0.2) is 0 Å². The molecule has 2 fully saturated rings. The summed E-state index contributed by atoms with van der Waals surface area (Å²) >= 11 is 6.66. The van der Waals surface area contributed by atoms with Gasteiger partial charge in [0.1, 0.15) is 5.82 Å². The van der Waals surface area contributed by atoms with E-state index in [0.29, 0.717) is 49.0 Å². The van der Waals surface area contributed by atoms with E-state index in [1.807, 2.05) is 12.1 Å². The zero-order valence-electron chi connectivity index (χ0n) is 24.0. The van der Waals surface area contributed by atoms with E-state index in [1.165, 1.54) is 4.57 Å². The maximum Gasteiger partial charge on any atom is 0.354 e. The molecule has 0 spiro atoms. The highest BCUT2D eigenvalue weighted by molar-refractivity contribution is 6.31. The number of nitrogens with two attached hydrogens (primary N) is 2. The number of urea groups is 1. The minimum atomic E-state index is -0.956. The van der Waals surface area contributed by atoms with Crippen molar-refractivity contribution in [3.05, 3.63) is 51.5 Å². The summed E-state index contributed by atoms with van der Waals surface area (Å²) in [4.78, 5) is 47.7. The lowest BCUT2D eigenvalue weighted by atomic mass is 9.90. The van der Waals surface area contributed by atoms with Crippen LogP contribution in [0.2, 0.25) is 5.02 Å². The number of aromatic nitrogens is 2. The van der Waals surface area contributed by atoms with E-state index in [2.05, 4.69) is 22.1 Å². The summed E-state index contributed by atoms with van der Waals surface area (Å²) in [5.41, 5.74) is 12.1. The minimum absolute atomic E-state index is 0. The first kappa shape index (κ1) is 32.8. The van der Waals surface area contributed by atoms with Crippen LogP contribution in [0.3, 0.4) is 0 Å². The Labute approximate surface area is 252 Å². The van der Waals surface area contributed by atoms with Gasteiger partial charge in [0.05, 0.1) is 11.2 Å². The molecule has 2 aliphatic rings. The Bertz CT molecular complexity index is 1270. The molecule has 1 saturated heterocycles. The van der Waals surface area contributed by atoms with Gasteiger partial charge in [-0.05, 0) is 69.8 Å². The zero-order valence-corrected chi connectivity index (χ0v) is 25.6. The van der Waals surface area contributed by atoms with Gasteiger partial charge in [-0.25, -0.2) is 9.59 Å². The SMILES string of the molecule is CCN(Cc1ccc(-n2ccc(NC(=O)N3CCN(C(=O)C(C)(C)N)CC3)nc2=O)cc1Cl)C1CCC(N)CC1.Cl.